The number of aromatic nitrogens is 1. The lowest BCUT2D eigenvalue weighted by Crippen LogP contribution is -2.36. The van der Waals surface area contributed by atoms with Crippen molar-refractivity contribution in [2.45, 2.75) is 25.8 Å². The van der Waals surface area contributed by atoms with Gasteiger partial charge in [-0.1, -0.05) is 12.1 Å². The van der Waals surface area contributed by atoms with Gasteiger partial charge in [-0.2, -0.15) is 0 Å². The van der Waals surface area contributed by atoms with Crippen molar-refractivity contribution in [3.8, 4) is 0 Å². The van der Waals surface area contributed by atoms with Crippen LogP contribution in [0.4, 0.5) is 5.69 Å². The van der Waals surface area contributed by atoms with Gasteiger partial charge in [-0.25, -0.2) is 0 Å². The van der Waals surface area contributed by atoms with Crippen LogP contribution in [0, 0.1) is 0 Å². The molecule has 0 radical (unpaired) electrons. The summed E-state index contributed by atoms with van der Waals surface area (Å²) >= 11 is 0. The zero-order chi connectivity index (χ0) is 14.7. The van der Waals surface area contributed by atoms with E-state index in [4.69, 9.17) is 5.73 Å². The summed E-state index contributed by atoms with van der Waals surface area (Å²) in [7, 11) is 0. The van der Waals surface area contributed by atoms with Crippen molar-refractivity contribution in [1.29, 1.82) is 0 Å². The van der Waals surface area contributed by atoms with Crippen LogP contribution in [0.15, 0.2) is 42.7 Å². The Kier molecular flexibility index (Phi) is 3.86. The molecule has 0 bridgehead atoms. The molecule has 4 nitrogen and oxygen atoms in total. The van der Waals surface area contributed by atoms with E-state index in [0.29, 0.717) is 13.0 Å². The third kappa shape index (κ3) is 3.05. The largest absolute Gasteiger partial charge is 0.398 e. The van der Waals surface area contributed by atoms with E-state index in [2.05, 4.69) is 11.1 Å². The number of fused-ring (bicyclic) bond motifs is 1. The summed E-state index contributed by atoms with van der Waals surface area (Å²) in [6.45, 7) is 1.44. The number of benzene rings is 1. The molecule has 0 saturated heterocycles. The maximum absolute atomic E-state index is 12.3. The molecule has 1 aliphatic heterocycles. The van der Waals surface area contributed by atoms with Gasteiger partial charge in [-0.15, -0.1) is 0 Å². The molecule has 0 aliphatic carbocycles. The number of rotatable bonds is 3. The second-order valence-electron chi connectivity index (χ2n) is 5.41. The van der Waals surface area contributed by atoms with Gasteiger partial charge in [0.25, 0.3) is 0 Å². The molecule has 0 spiro atoms. The lowest BCUT2D eigenvalue weighted by atomic mass is 9.97. The van der Waals surface area contributed by atoms with Gasteiger partial charge in [-0.3, -0.25) is 9.78 Å². The van der Waals surface area contributed by atoms with E-state index < -0.39 is 0 Å². The molecule has 0 fully saturated rings. The van der Waals surface area contributed by atoms with E-state index in [-0.39, 0.29) is 5.91 Å². The molecule has 0 atom stereocenters. The molecular weight excluding hydrogens is 262 g/mol. The summed E-state index contributed by atoms with van der Waals surface area (Å²) in [5.41, 5.74) is 10.4. The molecule has 1 aliphatic rings. The van der Waals surface area contributed by atoms with Crippen LogP contribution < -0.4 is 5.73 Å². The number of nitrogen functional groups attached to an aromatic ring is 1. The van der Waals surface area contributed by atoms with E-state index in [0.717, 1.165) is 30.6 Å². The molecule has 0 unspecified atom stereocenters. The Morgan fingerprint density at radius 1 is 1.24 bits per heavy atom. The van der Waals surface area contributed by atoms with Crippen molar-refractivity contribution in [3.05, 3.63) is 59.4 Å². The molecule has 2 N–H and O–H groups in total. The van der Waals surface area contributed by atoms with Gasteiger partial charge in [0.2, 0.25) is 5.91 Å². The van der Waals surface area contributed by atoms with Crippen molar-refractivity contribution >= 4 is 11.6 Å². The highest BCUT2D eigenvalue weighted by Gasteiger charge is 2.21. The molecule has 3 rings (SSSR count). The zero-order valence-electron chi connectivity index (χ0n) is 12.0. The standard InChI is InChI=1S/C17H19N3O/c18-16-3-1-2-14-12-20(11-8-15(14)16)17(21)5-4-13-6-9-19-10-7-13/h1-3,6-7,9-10H,4-5,8,11-12,18H2. The van der Waals surface area contributed by atoms with Crippen molar-refractivity contribution < 1.29 is 4.79 Å². The number of nitrogens with two attached hydrogens (primary N) is 1. The average molecular weight is 281 g/mol. The normalized spacial score (nSPS) is 13.8. The second-order valence-corrected chi connectivity index (χ2v) is 5.41. The molecule has 2 heterocycles. The van der Waals surface area contributed by atoms with Gasteiger partial charge in [0.1, 0.15) is 0 Å². The van der Waals surface area contributed by atoms with E-state index in [1.54, 1.807) is 12.4 Å². The van der Waals surface area contributed by atoms with Crippen LogP contribution in [0.2, 0.25) is 0 Å². The highest BCUT2D eigenvalue weighted by atomic mass is 16.2. The van der Waals surface area contributed by atoms with Gasteiger partial charge in [-0.05, 0) is 47.7 Å². The van der Waals surface area contributed by atoms with Crippen LogP contribution in [0.3, 0.4) is 0 Å². The molecule has 2 aromatic rings. The Bertz CT molecular complexity index is 640. The molecule has 1 aromatic heterocycles. The maximum Gasteiger partial charge on any atom is 0.223 e. The Hall–Kier alpha value is -2.36. The van der Waals surface area contributed by atoms with Crippen LogP contribution >= 0.6 is 0 Å². The summed E-state index contributed by atoms with van der Waals surface area (Å²) in [6.07, 6.45) is 5.69. The molecule has 0 saturated carbocycles. The number of carbonyl (C=O) groups is 1. The number of amides is 1. The monoisotopic (exact) mass is 281 g/mol. The predicted octanol–water partition coefficient (Wildman–Crippen LogP) is 2.18. The van der Waals surface area contributed by atoms with E-state index in [1.165, 1.54) is 11.1 Å². The predicted molar refractivity (Wildman–Crippen MR) is 82.5 cm³/mol. The summed E-state index contributed by atoms with van der Waals surface area (Å²) < 4.78 is 0. The van der Waals surface area contributed by atoms with Crippen molar-refractivity contribution in [2.24, 2.45) is 0 Å². The summed E-state index contributed by atoms with van der Waals surface area (Å²) in [4.78, 5) is 18.3. The second kappa shape index (κ2) is 5.95. The van der Waals surface area contributed by atoms with Crippen molar-refractivity contribution in [1.82, 2.24) is 9.88 Å². The topological polar surface area (TPSA) is 59.2 Å². The zero-order valence-corrected chi connectivity index (χ0v) is 12.0. The van der Waals surface area contributed by atoms with Crippen LogP contribution in [0.5, 0.6) is 0 Å². The molecule has 1 amide bonds. The highest BCUT2D eigenvalue weighted by molar-refractivity contribution is 5.77. The molecule has 4 heteroatoms. The third-order valence-corrected chi connectivity index (χ3v) is 4.03. The van der Waals surface area contributed by atoms with E-state index >= 15 is 0 Å². The number of carbonyl (C=O) groups excluding carboxylic acids is 1. The van der Waals surface area contributed by atoms with Gasteiger partial charge in [0, 0.05) is 37.6 Å². The van der Waals surface area contributed by atoms with Crippen LogP contribution in [0.1, 0.15) is 23.1 Å². The maximum atomic E-state index is 12.3. The van der Waals surface area contributed by atoms with Crippen LogP contribution in [0.25, 0.3) is 0 Å². The van der Waals surface area contributed by atoms with Gasteiger partial charge in [0.05, 0.1) is 0 Å². The van der Waals surface area contributed by atoms with E-state index in [9.17, 15) is 4.79 Å². The molecule has 108 valence electrons. The summed E-state index contributed by atoms with van der Waals surface area (Å²) in [6, 6.07) is 9.87. The Balaban J connectivity index is 1.62. The Morgan fingerprint density at radius 3 is 2.86 bits per heavy atom. The smallest absolute Gasteiger partial charge is 0.223 e. The first kappa shape index (κ1) is 13.6. The quantitative estimate of drug-likeness (QED) is 0.877. The number of hydrogen-bond acceptors (Lipinski definition) is 3. The number of pyridine rings is 1. The highest BCUT2D eigenvalue weighted by Crippen LogP contribution is 2.24. The number of aryl methyl sites for hydroxylation is 1. The minimum absolute atomic E-state index is 0.208. The minimum Gasteiger partial charge on any atom is -0.398 e. The molecule has 21 heavy (non-hydrogen) atoms. The summed E-state index contributed by atoms with van der Waals surface area (Å²) in [5, 5.41) is 0. The van der Waals surface area contributed by atoms with Crippen molar-refractivity contribution in [2.75, 3.05) is 12.3 Å². The fraction of sp³-hybridized carbons (Fsp3) is 0.294. The van der Waals surface area contributed by atoms with Gasteiger partial charge < -0.3 is 10.6 Å². The fourth-order valence-electron chi connectivity index (χ4n) is 2.81. The molecular formula is C17H19N3O. The summed E-state index contributed by atoms with van der Waals surface area (Å²) in [5.74, 6) is 0.208. The Morgan fingerprint density at radius 2 is 2.05 bits per heavy atom. The first-order valence-electron chi connectivity index (χ1n) is 7.27. The number of anilines is 1. The van der Waals surface area contributed by atoms with Gasteiger partial charge >= 0.3 is 0 Å². The number of nitrogens with zero attached hydrogens (tertiary/aromatic N) is 2. The SMILES string of the molecule is Nc1cccc2c1CCN(C(=O)CCc1ccncc1)C2. The van der Waals surface area contributed by atoms with Crippen molar-refractivity contribution in [3.63, 3.8) is 0 Å². The van der Waals surface area contributed by atoms with Crippen LogP contribution in [-0.4, -0.2) is 22.3 Å². The Labute approximate surface area is 124 Å². The van der Waals surface area contributed by atoms with Crippen LogP contribution in [-0.2, 0) is 24.2 Å². The average Bonchev–Trinajstić information content (AvgIpc) is 2.53. The first-order chi connectivity index (χ1) is 10.2. The van der Waals surface area contributed by atoms with E-state index in [1.807, 2.05) is 29.2 Å². The lowest BCUT2D eigenvalue weighted by molar-refractivity contribution is -0.132. The lowest BCUT2D eigenvalue weighted by Gasteiger charge is -2.29. The minimum atomic E-state index is 0.208. The van der Waals surface area contributed by atoms with Gasteiger partial charge in [0.15, 0.2) is 0 Å². The first-order valence-corrected chi connectivity index (χ1v) is 7.27. The fourth-order valence-corrected chi connectivity index (χ4v) is 2.81. The third-order valence-electron chi connectivity index (χ3n) is 4.03. The molecule has 1 aromatic carbocycles. The number of hydrogen-bond donors (Lipinski definition) is 1.